The van der Waals surface area contributed by atoms with Crippen molar-refractivity contribution in [3.63, 3.8) is 0 Å². The Balaban J connectivity index is 2.30. The number of nitrogens with one attached hydrogen (secondary N) is 1. The van der Waals surface area contributed by atoms with Crippen molar-refractivity contribution >= 4 is 6.41 Å². The maximum atomic E-state index is 9.88. The van der Waals surface area contributed by atoms with Crippen molar-refractivity contribution in [2.24, 2.45) is 0 Å². The summed E-state index contributed by atoms with van der Waals surface area (Å²) >= 11 is 0. The van der Waals surface area contributed by atoms with Gasteiger partial charge >= 0.3 is 0 Å². The molecule has 3 heteroatoms. The van der Waals surface area contributed by atoms with E-state index in [4.69, 9.17) is 5.11 Å². The van der Waals surface area contributed by atoms with Crippen LogP contribution in [0, 0.1) is 0 Å². The fourth-order valence-electron chi connectivity index (χ4n) is 1.22. The van der Waals surface area contributed by atoms with Crippen LogP contribution in [-0.4, -0.2) is 23.7 Å². The van der Waals surface area contributed by atoms with E-state index in [9.17, 15) is 4.79 Å². The van der Waals surface area contributed by atoms with Gasteiger partial charge in [-0.25, -0.2) is 0 Å². The van der Waals surface area contributed by atoms with E-state index < -0.39 is 0 Å². The molecule has 0 saturated heterocycles. The van der Waals surface area contributed by atoms with E-state index >= 15 is 0 Å². The molecule has 1 amide bonds. The lowest BCUT2D eigenvalue weighted by Gasteiger charge is -2.11. The zero-order chi connectivity index (χ0) is 6.69. The first-order valence-electron chi connectivity index (χ1n) is 3.22. The molecular formula is C6H11NO2. The van der Waals surface area contributed by atoms with Gasteiger partial charge in [-0.05, 0) is 19.3 Å². The highest BCUT2D eigenvalue weighted by Gasteiger charge is 2.23. The summed E-state index contributed by atoms with van der Waals surface area (Å²) in [5.41, 5.74) is 0. The third-order valence-corrected chi connectivity index (χ3v) is 1.76. The molecular weight excluding hydrogens is 118 g/mol. The summed E-state index contributed by atoms with van der Waals surface area (Å²) in [6.07, 6.45) is 3.10. The molecule has 1 aliphatic carbocycles. The number of aliphatic hydroxyl groups excluding tert-OH is 1. The molecule has 0 aliphatic heterocycles. The third-order valence-electron chi connectivity index (χ3n) is 1.76. The Kier molecular flexibility index (Phi) is 2.05. The molecule has 3 nitrogen and oxygen atoms in total. The summed E-state index contributed by atoms with van der Waals surface area (Å²) in [6, 6.07) is 0.0162. The van der Waals surface area contributed by atoms with Gasteiger partial charge in [-0.2, -0.15) is 0 Å². The first kappa shape index (κ1) is 6.55. The second kappa shape index (κ2) is 2.82. The topological polar surface area (TPSA) is 49.3 Å². The van der Waals surface area contributed by atoms with Gasteiger partial charge in [-0.1, -0.05) is 0 Å². The number of hydrogen-bond donors (Lipinski definition) is 2. The van der Waals surface area contributed by atoms with Crippen LogP contribution in [0.4, 0.5) is 0 Å². The zero-order valence-electron chi connectivity index (χ0n) is 5.21. The van der Waals surface area contributed by atoms with Gasteiger partial charge in [-0.3, -0.25) is 4.79 Å². The molecule has 9 heavy (non-hydrogen) atoms. The molecule has 52 valence electrons. The van der Waals surface area contributed by atoms with Gasteiger partial charge < -0.3 is 10.4 Å². The van der Waals surface area contributed by atoms with Crippen LogP contribution in [0.3, 0.4) is 0 Å². The fraction of sp³-hybridized carbons (Fsp3) is 0.833. The summed E-state index contributed by atoms with van der Waals surface area (Å²) in [5.74, 6) is 0. The van der Waals surface area contributed by atoms with E-state index in [0.717, 1.165) is 19.3 Å². The molecule has 0 radical (unpaired) electrons. The van der Waals surface area contributed by atoms with Crippen molar-refractivity contribution in [2.75, 3.05) is 0 Å². The highest BCUT2D eigenvalue weighted by Crippen LogP contribution is 2.17. The summed E-state index contributed by atoms with van der Waals surface area (Å²) in [7, 11) is 0. The van der Waals surface area contributed by atoms with E-state index in [2.05, 4.69) is 5.32 Å². The van der Waals surface area contributed by atoms with Crippen molar-refractivity contribution < 1.29 is 9.90 Å². The Morgan fingerprint density at radius 1 is 1.56 bits per heavy atom. The molecule has 1 rings (SSSR count). The summed E-state index contributed by atoms with van der Waals surface area (Å²) < 4.78 is 0. The second-order valence-corrected chi connectivity index (χ2v) is 2.39. The molecule has 0 spiro atoms. The molecule has 0 bridgehead atoms. The summed E-state index contributed by atoms with van der Waals surface area (Å²) in [5, 5.41) is 11.7. The summed E-state index contributed by atoms with van der Waals surface area (Å²) in [6.45, 7) is 0. The molecule has 0 unspecified atom stereocenters. The number of hydrogen-bond acceptors (Lipinski definition) is 2. The molecule has 2 atom stereocenters. The van der Waals surface area contributed by atoms with Crippen molar-refractivity contribution in [3.8, 4) is 0 Å². The van der Waals surface area contributed by atoms with Gasteiger partial charge in [0.05, 0.1) is 12.1 Å². The van der Waals surface area contributed by atoms with Crippen LogP contribution >= 0.6 is 0 Å². The molecule has 1 fully saturated rings. The van der Waals surface area contributed by atoms with Gasteiger partial charge in [0.25, 0.3) is 0 Å². The second-order valence-electron chi connectivity index (χ2n) is 2.39. The normalized spacial score (nSPS) is 34.3. The predicted octanol–water partition coefficient (Wildman–Crippen LogP) is -0.354. The van der Waals surface area contributed by atoms with E-state index in [-0.39, 0.29) is 12.1 Å². The highest BCUT2D eigenvalue weighted by atomic mass is 16.3. The quantitative estimate of drug-likeness (QED) is 0.500. The predicted molar refractivity (Wildman–Crippen MR) is 32.8 cm³/mol. The first-order valence-corrected chi connectivity index (χ1v) is 3.22. The van der Waals surface area contributed by atoms with Gasteiger partial charge in [0.15, 0.2) is 0 Å². The lowest BCUT2D eigenvalue weighted by atomic mass is 10.2. The molecule has 0 aromatic heterocycles. The van der Waals surface area contributed by atoms with Crippen LogP contribution in [0.1, 0.15) is 19.3 Å². The SMILES string of the molecule is O=CN[C@H]1CCC[C@@H]1O. The zero-order valence-corrected chi connectivity index (χ0v) is 5.21. The average molecular weight is 129 g/mol. The van der Waals surface area contributed by atoms with Gasteiger partial charge in [0.2, 0.25) is 6.41 Å². The number of rotatable bonds is 2. The molecule has 1 saturated carbocycles. The molecule has 0 heterocycles. The Hall–Kier alpha value is -0.570. The number of aliphatic hydroxyl groups is 1. The van der Waals surface area contributed by atoms with Crippen LogP contribution in [0.2, 0.25) is 0 Å². The standard InChI is InChI=1S/C6H11NO2/c8-4-7-5-2-1-3-6(5)9/h4-6,9H,1-3H2,(H,7,8)/t5-,6-/m0/s1. The minimum Gasteiger partial charge on any atom is -0.391 e. The van der Waals surface area contributed by atoms with E-state index in [1.165, 1.54) is 0 Å². The lowest BCUT2D eigenvalue weighted by Crippen LogP contribution is -2.34. The number of carbonyl (C=O) groups excluding carboxylic acids is 1. The Bertz CT molecular complexity index is 105. The minimum absolute atomic E-state index is 0.0162. The number of carbonyl (C=O) groups is 1. The van der Waals surface area contributed by atoms with Crippen molar-refractivity contribution in [2.45, 2.75) is 31.4 Å². The maximum absolute atomic E-state index is 9.88. The van der Waals surface area contributed by atoms with E-state index in [1.807, 2.05) is 0 Å². The van der Waals surface area contributed by atoms with Gasteiger partial charge in [0, 0.05) is 0 Å². The molecule has 1 aliphatic rings. The van der Waals surface area contributed by atoms with Gasteiger partial charge in [0.1, 0.15) is 0 Å². The Morgan fingerprint density at radius 3 is 2.78 bits per heavy atom. The van der Waals surface area contributed by atoms with E-state index in [0.29, 0.717) is 6.41 Å². The van der Waals surface area contributed by atoms with Crippen LogP contribution in [0.15, 0.2) is 0 Å². The third kappa shape index (κ3) is 1.42. The monoisotopic (exact) mass is 129 g/mol. The Labute approximate surface area is 54.1 Å². The maximum Gasteiger partial charge on any atom is 0.207 e. The van der Waals surface area contributed by atoms with E-state index in [1.54, 1.807) is 0 Å². The van der Waals surface area contributed by atoms with Gasteiger partial charge in [-0.15, -0.1) is 0 Å². The van der Waals surface area contributed by atoms with Crippen LogP contribution in [0.5, 0.6) is 0 Å². The van der Waals surface area contributed by atoms with Crippen molar-refractivity contribution in [1.29, 1.82) is 0 Å². The fourth-order valence-corrected chi connectivity index (χ4v) is 1.22. The van der Waals surface area contributed by atoms with Crippen molar-refractivity contribution in [3.05, 3.63) is 0 Å². The largest absolute Gasteiger partial charge is 0.391 e. The molecule has 0 aromatic rings. The Morgan fingerprint density at radius 2 is 2.33 bits per heavy atom. The van der Waals surface area contributed by atoms with Crippen molar-refractivity contribution in [1.82, 2.24) is 5.32 Å². The molecule has 2 N–H and O–H groups in total. The highest BCUT2D eigenvalue weighted by molar-refractivity contribution is 5.46. The van der Waals surface area contributed by atoms with Crippen LogP contribution in [-0.2, 0) is 4.79 Å². The van der Waals surface area contributed by atoms with Crippen LogP contribution in [0.25, 0.3) is 0 Å². The minimum atomic E-state index is -0.310. The molecule has 0 aromatic carbocycles. The number of amides is 1. The smallest absolute Gasteiger partial charge is 0.207 e. The first-order chi connectivity index (χ1) is 4.34. The van der Waals surface area contributed by atoms with Crippen LogP contribution < -0.4 is 5.32 Å². The summed E-state index contributed by atoms with van der Waals surface area (Å²) in [4.78, 5) is 9.88. The average Bonchev–Trinajstić information content (AvgIpc) is 2.18. The lowest BCUT2D eigenvalue weighted by molar-refractivity contribution is -0.110.